The zero-order chi connectivity index (χ0) is 34.0. The molecule has 0 aliphatic carbocycles. The quantitative estimate of drug-likeness (QED) is 0.0745. The zero-order valence-electron chi connectivity index (χ0n) is 28.1. The minimum atomic E-state index is -2.83. The third-order valence-electron chi connectivity index (χ3n) is 10.2. The van der Waals surface area contributed by atoms with Crippen LogP contribution in [0.15, 0.2) is 206 Å². The normalized spacial score (nSPS) is 11.4. The van der Waals surface area contributed by atoms with Gasteiger partial charge in [-0.15, -0.1) is 5.54 Å². The van der Waals surface area contributed by atoms with Gasteiger partial charge in [0, 0.05) is 5.56 Å². The van der Waals surface area contributed by atoms with Gasteiger partial charge in [0.1, 0.15) is 0 Å². The smallest absolute Gasteiger partial charge is 0.109 e. The van der Waals surface area contributed by atoms with Gasteiger partial charge >= 0.3 is 0 Å². The van der Waals surface area contributed by atoms with Crippen LogP contribution in [-0.4, -0.2) is 8.07 Å². The summed E-state index contributed by atoms with van der Waals surface area (Å²) in [7, 11) is -2.83. The Morgan fingerprint density at radius 1 is 0.333 bits per heavy atom. The van der Waals surface area contributed by atoms with Gasteiger partial charge in [-0.2, -0.15) is 0 Å². The van der Waals surface area contributed by atoms with Crippen LogP contribution in [0.25, 0.3) is 54.6 Å². The molecule has 0 bridgehead atoms. The van der Waals surface area contributed by atoms with Crippen molar-refractivity contribution in [1.29, 1.82) is 0 Å². The van der Waals surface area contributed by atoms with E-state index in [9.17, 15) is 0 Å². The van der Waals surface area contributed by atoms with Crippen LogP contribution >= 0.6 is 0 Å². The third-order valence-corrected chi connectivity index (χ3v) is 14.3. The summed E-state index contributed by atoms with van der Waals surface area (Å²) < 4.78 is 0. The monoisotopic (exact) mass is 662 g/mol. The molecular weight excluding hydrogens is 629 g/mol. The van der Waals surface area contributed by atoms with E-state index >= 15 is 0 Å². The minimum Gasteiger partial charge on any atom is -0.109 e. The fraction of sp³-hybridized carbons (Fsp3) is 0. The molecule has 51 heavy (non-hydrogen) atoms. The van der Waals surface area contributed by atoms with Crippen molar-refractivity contribution in [3.63, 3.8) is 0 Å². The highest BCUT2D eigenvalue weighted by Gasteiger charge is 2.38. The molecule has 0 N–H and O–H groups in total. The van der Waals surface area contributed by atoms with Crippen LogP contribution in [0.1, 0.15) is 5.56 Å². The molecule has 9 rings (SSSR count). The summed E-state index contributed by atoms with van der Waals surface area (Å²) in [6, 6.07) is 74.7. The molecule has 0 atom stereocenters. The lowest BCUT2D eigenvalue weighted by atomic mass is 9.86. The first-order valence-corrected chi connectivity index (χ1v) is 19.5. The molecule has 9 aromatic rings. The molecule has 0 aliphatic heterocycles. The van der Waals surface area contributed by atoms with E-state index in [0.29, 0.717) is 0 Å². The first-order valence-electron chi connectivity index (χ1n) is 17.5. The van der Waals surface area contributed by atoms with Crippen LogP contribution in [-0.2, 0) is 0 Å². The van der Waals surface area contributed by atoms with Crippen molar-refractivity contribution >= 4 is 56.0 Å². The van der Waals surface area contributed by atoms with Gasteiger partial charge in [0.2, 0.25) is 8.07 Å². The zero-order valence-corrected chi connectivity index (χ0v) is 29.1. The van der Waals surface area contributed by atoms with E-state index in [1.807, 2.05) is 0 Å². The largest absolute Gasteiger partial charge is 0.230 e. The molecule has 1 heteroatoms. The summed E-state index contributed by atoms with van der Waals surface area (Å²) in [6.07, 6.45) is 0. The first kappa shape index (κ1) is 30.6. The number of benzene rings is 9. The highest BCUT2D eigenvalue weighted by Crippen LogP contribution is 2.42. The number of rotatable bonds is 5. The highest BCUT2D eigenvalue weighted by atomic mass is 28.3. The second kappa shape index (κ2) is 13.1. The summed E-state index contributed by atoms with van der Waals surface area (Å²) >= 11 is 0. The van der Waals surface area contributed by atoms with Gasteiger partial charge in [0.15, 0.2) is 0 Å². The second-order valence-corrected chi connectivity index (χ2v) is 16.5. The van der Waals surface area contributed by atoms with E-state index in [-0.39, 0.29) is 0 Å². The lowest BCUT2D eigenvalue weighted by Crippen LogP contribution is -2.66. The Labute approximate surface area is 300 Å². The standard InChI is InChI=1S/C50H34Si/c1-5-18-37(19-6-1)39-32-33-48-49(36-39)45(44-29-15-16-30-47(44)50(48)46-31-17-21-38-20-13-14-28-43(38)46)34-35-51(40-22-7-2-8-23-40,41-24-9-3-10-25-41)42-26-11-4-12-27-42/h1-33,36H. The van der Waals surface area contributed by atoms with Crippen LogP contribution < -0.4 is 15.6 Å². The van der Waals surface area contributed by atoms with E-state index in [4.69, 9.17) is 0 Å². The van der Waals surface area contributed by atoms with Gasteiger partial charge in [-0.05, 0) is 76.2 Å². The van der Waals surface area contributed by atoms with Crippen molar-refractivity contribution < 1.29 is 0 Å². The molecule has 0 unspecified atom stereocenters. The molecular formula is C50H34Si. The van der Waals surface area contributed by atoms with E-state index in [1.165, 1.54) is 70.1 Å². The molecule has 0 fully saturated rings. The molecule has 0 nitrogen and oxygen atoms in total. The van der Waals surface area contributed by atoms with Crippen molar-refractivity contribution in [2.24, 2.45) is 0 Å². The van der Waals surface area contributed by atoms with E-state index < -0.39 is 8.07 Å². The summed E-state index contributed by atoms with van der Waals surface area (Å²) in [4.78, 5) is 0. The molecule has 0 spiro atoms. The molecule has 0 aromatic heterocycles. The molecule has 0 radical (unpaired) electrons. The highest BCUT2D eigenvalue weighted by molar-refractivity contribution is 7.16. The fourth-order valence-electron chi connectivity index (χ4n) is 7.79. The van der Waals surface area contributed by atoms with Crippen molar-refractivity contribution in [3.8, 4) is 33.7 Å². The molecule has 0 heterocycles. The van der Waals surface area contributed by atoms with Crippen LogP contribution in [0.5, 0.6) is 0 Å². The lowest BCUT2D eigenvalue weighted by molar-refractivity contribution is 1.64. The second-order valence-electron chi connectivity index (χ2n) is 13.0. The molecule has 9 aromatic carbocycles. The Hall–Kier alpha value is -6.46. The molecule has 0 saturated heterocycles. The molecule has 0 saturated carbocycles. The Bertz CT molecular complexity index is 2620. The maximum Gasteiger partial charge on any atom is 0.230 e. The SMILES string of the molecule is C(#C[Si](c1ccccc1)(c1ccccc1)c1ccccc1)c1c2ccccc2c(-c2cccc3ccccc23)c2ccc(-c3ccccc3)cc12. The van der Waals surface area contributed by atoms with Crippen LogP contribution in [0, 0.1) is 11.5 Å². The van der Waals surface area contributed by atoms with Gasteiger partial charge in [-0.3, -0.25) is 0 Å². The van der Waals surface area contributed by atoms with Gasteiger partial charge in [0.05, 0.1) is 0 Å². The maximum atomic E-state index is 4.12. The van der Waals surface area contributed by atoms with E-state index in [0.717, 1.165) is 5.56 Å². The predicted molar refractivity (Wildman–Crippen MR) is 221 cm³/mol. The Morgan fingerprint density at radius 2 is 0.824 bits per heavy atom. The van der Waals surface area contributed by atoms with Crippen molar-refractivity contribution in [2.75, 3.05) is 0 Å². The van der Waals surface area contributed by atoms with E-state index in [1.54, 1.807) is 0 Å². The van der Waals surface area contributed by atoms with Crippen molar-refractivity contribution in [3.05, 3.63) is 212 Å². The summed E-state index contributed by atoms with van der Waals surface area (Å²) in [5.41, 5.74) is 10.1. The minimum absolute atomic E-state index is 1.07. The van der Waals surface area contributed by atoms with Crippen molar-refractivity contribution in [2.45, 2.75) is 0 Å². The maximum absolute atomic E-state index is 4.12. The third kappa shape index (κ3) is 5.35. The first-order chi connectivity index (χ1) is 25.3. The predicted octanol–water partition coefficient (Wildman–Crippen LogP) is 10.5. The average Bonchev–Trinajstić information content (AvgIpc) is 3.22. The Balaban J connectivity index is 1.42. The van der Waals surface area contributed by atoms with Gasteiger partial charge < -0.3 is 0 Å². The van der Waals surface area contributed by atoms with Crippen LogP contribution in [0.4, 0.5) is 0 Å². The average molecular weight is 663 g/mol. The number of fused-ring (bicyclic) bond motifs is 3. The molecule has 238 valence electrons. The molecule has 0 aliphatic rings. The summed E-state index contributed by atoms with van der Waals surface area (Å²) in [5, 5.41) is 11.1. The summed E-state index contributed by atoms with van der Waals surface area (Å²) in [5.74, 6) is 3.97. The fourth-order valence-corrected chi connectivity index (χ4v) is 11.6. The van der Waals surface area contributed by atoms with E-state index in [2.05, 4.69) is 218 Å². The number of hydrogen-bond donors (Lipinski definition) is 0. The Kier molecular flexibility index (Phi) is 7.86. The van der Waals surface area contributed by atoms with Gasteiger partial charge in [-0.25, -0.2) is 0 Å². The van der Waals surface area contributed by atoms with Crippen molar-refractivity contribution in [1.82, 2.24) is 0 Å². The van der Waals surface area contributed by atoms with Gasteiger partial charge in [0.25, 0.3) is 0 Å². The molecule has 0 amide bonds. The van der Waals surface area contributed by atoms with Gasteiger partial charge in [-0.1, -0.05) is 206 Å². The Morgan fingerprint density at radius 3 is 1.45 bits per heavy atom. The lowest BCUT2D eigenvalue weighted by Gasteiger charge is -2.28. The van der Waals surface area contributed by atoms with Crippen LogP contribution in [0.3, 0.4) is 0 Å². The summed E-state index contributed by atoms with van der Waals surface area (Å²) in [6.45, 7) is 0. The van der Waals surface area contributed by atoms with Crippen LogP contribution in [0.2, 0.25) is 0 Å². The topological polar surface area (TPSA) is 0 Å². The number of hydrogen-bond acceptors (Lipinski definition) is 0.